The Labute approximate surface area is 110 Å². The van der Waals surface area contributed by atoms with Crippen LogP contribution in [0.15, 0.2) is 18.2 Å². The molecule has 2 N–H and O–H groups in total. The van der Waals surface area contributed by atoms with Crippen LogP contribution in [0.2, 0.25) is 5.02 Å². The van der Waals surface area contributed by atoms with Crippen LogP contribution < -0.4 is 0 Å². The third kappa shape index (κ3) is 2.92. The first-order valence-corrected chi connectivity index (χ1v) is 5.74. The summed E-state index contributed by atoms with van der Waals surface area (Å²) in [5, 5.41) is 18.6. The second-order valence-corrected chi connectivity index (χ2v) is 4.16. The SMILES string of the molecule is CCN(C(C)=O)C(C(=O)O)c1ccc(O)c(Cl)c1. The first-order chi connectivity index (χ1) is 8.38. The van der Waals surface area contributed by atoms with Crippen LogP contribution >= 0.6 is 11.6 Å². The topological polar surface area (TPSA) is 77.8 Å². The summed E-state index contributed by atoms with van der Waals surface area (Å²) in [6.07, 6.45) is 0. The van der Waals surface area contributed by atoms with E-state index in [9.17, 15) is 19.8 Å². The van der Waals surface area contributed by atoms with Gasteiger partial charge in [0.2, 0.25) is 5.91 Å². The summed E-state index contributed by atoms with van der Waals surface area (Å²) in [6, 6.07) is 2.99. The van der Waals surface area contributed by atoms with Gasteiger partial charge in [0.1, 0.15) is 5.75 Å². The number of amides is 1. The number of carbonyl (C=O) groups excluding carboxylic acids is 1. The zero-order valence-electron chi connectivity index (χ0n) is 10.1. The minimum absolute atomic E-state index is 0.0540. The minimum Gasteiger partial charge on any atom is -0.506 e. The first kappa shape index (κ1) is 14.3. The van der Waals surface area contributed by atoms with E-state index in [0.717, 1.165) is 0 Å². The second kappa shape index (κ2) is 5.73. The van der Waals surface area contributed by atoms with Gasteiger partial charge in [-0.05, 0) is 24.6 Å². The van der Waals surface area contributed by atoms with E-state index in [2.05, 4.69) is 0 Å². The molecule has 0 bridgehead atoms. The van der Waals surface area contributed by atoms with E-state index in [1.165, 1.54) is 30.0 Å². The Kier molecular flexibility index (Phi) is 4.55. The smallest absolute Gasteiger partial charge is 0.331 e. The fraction of sp³-hybridized carbons (Fsp3) is 0.333. The molecule has 1 rings (SSSR count). The lowest BCUT2D eigenvalue weighted by molar-refractivity contribution is -0.149. The molecule has 0 saturated heterocycles. The number of aromatic hydroxyl groups is 1. The Morgan fingerprint density at radius 3 is 2.44 bits per heavy atom. The van der Waals surface area contributed by atoms with Gasteiger partial charge < -0.3 is 15.1 Å². The number of carbonyl (C=O) groups is 2. The average Bonchev–Trinajstić information content (AvgIpc) is 2.28. The predicted molar refractivity (Wildman–Crippen MR) is 66.6 cm³/mol. The quantitative estimate of drug-likeness (QED) is 0.878. The maximum Gasteiger partial charge on any atom is 0.331 e. The fourth-order valence-corrected chi connectivity index (χ4v) is 1.93. The largest absolute Gasteiger partial charge is 0.506 e. The van der Waals surface area contributed by atoms with Crippen LogP contribution in [0.25, 0.3) is 0 Å². The van der Waals surface area contributed by atoms with Crippen LogP contribution in [0.4, 0.5) is 0 Å². The van der Waals surface area contributed by atoms with Gasteiger partial charge >= 0.3 is 5.97 Å². The number of phenols is 1. The number of carboxylic acids is 1. The lowest BCUT2D eigenvalue weighted by atomic mass is 10.0. The van der Waals surface area contributed by atoms with Crippen LogP contribution in [0.5, 0.6) is 5.75 Å². The number of phenolic OH excluding ortho intramolecular Hbond substituents is 1. The molecular weight excluding hydrogens is 258 g/mol. The van der Waals surface area contributed by atoms with E-state index in [-0.39, 0.29) is 23.2 Å². The van der Waals surface area contributed by atoms with Crippen LogP contribution in [0, 0.1) is 0 Å². The molecule has 0 aromatic heterocycles. The number of benzene rings is 1. The molecule has 0 heterocycles. The molecule has 1 amide bonds. The number of hydrogen-bond donors (Lipinski definition) is 2. The van der Waals surface area contributed by atoms with Crippen LogP contribution in [0.1, 0.15) is 25.5 Å². The molecule has 0 aliphatic carbocycles. The van der Waals surface area contributed by atoms with E-state index >= 15 is 0 Å². The van der Waals surface area contributed by atoms with Gasteiger partial charge in [0.25, 0.3) is 0 Å². The standard InChI is InChI=1S/C12H14ClNO4/c1-3-14(7(2)15)11(12(17)18)8-4-5-10(16)9(13)6-8/h4-6,11,16H,3H2,1-2H3,(H,17,18). The van der Waals surface area contributed by atoms with Gasteiger partial charge in [-0.2, -0.15) is 0 Å². The predicted octanol–water partition coefficient (Wildman–Crippen LogP) is 2.04. The number of nitrogens with zero attached hydrogens (tertiary/aromatic N) is 1. The molecule has 0 spiro atoms. The molecule has 0 saturated carbocycles. The highest BCUT2D eigenvalue weighted by Crippen LogP contribution is 2.29. The summed E-state index contributed by atoms with van der Waals surface area (Å²) in [6.45, 7) is 3.27. The molecule has 98 valence electrons. The molecule has 1 atom stereocenters. The molecule has 1 aromatic carbocycles. The Hall–Kier alpha value is -1.75. The number of carboxylic acid groups (broad SMARTS) is 1. The number of rotatable bonds is 4. The van der Waals surface area contributed by atoms with Crippen LogP contribution in [0.3, 0.4) is 0 Å². The van der Waals surface area contributed by atoms with Gasteiger partial charge in [0, 0.05) is 13.5 Å². The summed E-state index contributed by atoms with van der Waals surface area (Å²) >= 11 is 5.74. The van der Waals surface area contributed by atoms with E-state index in [0.29, 0.717) is 5.56 Å². The average molecular weight is 272 g/mol. The molecule has 1 aromatic rings. The van der Waals surface area contributed by atoms with Crippen molar-refractivity contribution in [2.45, 2.75) is 19.9 Å². The lowest BCUT2D eigenvalue weighted by Crippen LogP contribution is -2.37. The Bertz CT molecular complexity index is 475. The maximum atomic E-state index is 11.4. The van der Waals surface area contributed by atoms with Gasteiger partial charge in [0.15, 0.2) is 6.04 Å². The second-order valence-electron chi connectivity index (χ2n) is 3.76. The van der Waals surface area contributed by atoms with Crippen molar-refractivity contribution in [1.29, 1.82) is 0 Å². The number of aliphatic carboxylic acids is 1. The van der Waals surface area contributed by atoms with Crippen molar-refractivity contribution in [3.8, 4) is 5.75 Å². The number of halogens is 1. The normalized spacial score (nSPS) is 11.9. The highest BCUT2D eigenvalue weighted by Gasteiger charge is 2.28. The van der Waals surface area contributed by atoms with Gasteiger partial charge in [-0.25, -0.2) is 4.79 Å². The Morgan fingerprint density at radius 2 is 2.06 bits per heavy atom. The van der Waals surface area contributed by atoms with E-state index < -0.39 is 12.0 Å². The molecular formula is C12H14ClNO4. The molecule has 0 aliphatic heterocycles. The third-order valence-electron chi connectivity index (χ3n) is 2.58. The molecule has 5 nitrogen and oxygen atoms in total. The monoisotopic (exact) mass is 271 g/mol. The number of likely N-dealkylation sites (N-methyl/N-ethyl adjacent to an activating group) is 1. The minimum atomic E-state index is -1.14. The number of hydrogen-bond acceptors (Lipinski definition) is 3. The van der Waals surface area contributed by atoms with E-state index in [4.69, 9.17) is 11.6 Å². The Morgan fingerprint density at radius 1 is 1.44 bits per heavy atom. The van der Waals surface area contributed by atoms with Crippen molar-refractivity contribution in [2.24, 2.45) is 0 Å². The highest BCUT2D eigenvalue weighted by molar-refractivity contribution is 6.32. The molecule has 0 radical (unpaired) electrons. The summed E-state index contributed by atoms with van der Waals surface area (Å²) < 4.78 is 0. The van der Waals surface area contributed by atoms with Crippen LogP contribution in [-0.2, 0) is 9.59 Å². The van der Waals surface area contributed by atoms with Crippen LogP contribution in [-0.4, -0.2) is 33.5 Å². The highest BCUT2D eigenvalue weighted by atomic mass is 35.5. The van der Waals surface area contributed by atoms with Gasteiger partial charge in [0.05, 0.1) is 5.02 Å². The van der Waals surface area contributed by atoms with Gasteiger partial charge in [-0.15, -0.1) is 0 Å². The molecule has 0 fully saturated rings. The molecule has 18 heavy (non-hydrogen) atoms. The summed E-state index contributed by atoms with van der Waals surface area (Å²) in [5.41, 5.74) is 0.349. The molecule has 0 aliphatic rings. The van der Waals surface area contributed by atoms with E-state index in [1.807, 2.05) is 0 Å². The zero-order chi connectivity index (χ0) is 13.9. The first-order valence-electron chi connectivity index (χ1n) is 5.36. The maximum absolute atomic E-state index is 11.4. The summed E-state index contributed by atoms with van der Waals surface area (Å²) in [4.78, 5) is 23.9. The van der Waals surface area contributed by atoms with Crippen molar-refractivity contribution in [3.63, 3.8) is 0 Å². The lowest BCUT2D eigenvalue weighted by Gasteiger charge is -2.27. The van der Waals surface area contributed by atoms with Gasteiger partial charge in [-0.3, -0.25) is 4.79 Å². The van der Waals surface area contributed by atoms with Crippen molar-refractivity contribution in [3.05, 3.63) is 28.8 Å². The van der Waals surface area contributed by atoms with Crippen molar-refractivity contribution in [2.75, 3.05) is 6.54 Å². The zero-order valence-corrected chi connectivity index (χ0v) is 10.8. The molecule has 6 heteroatoms. The van der Waals surface area contributed by atoms with Crippen molar-refractivity contribution >= 4 is 23.5 Å². The summed E-state index contributed by atoms with van der Waals surface area (Å²) in [5.74, 6) is -1.61. The molecule has 1 unspecified atom stereocenters. The van der Waals surface area contributed by atoms with Gasteiger partial charge in [-0.1, -0.05) is 17.7 Å². The van der Waals surface area contributed by atoms with Crippen molar-refractivity contribution < 1.29 is 19.8 Å². The third-order valence-corrected chi connectivity index (χ3v) is 2.88. The van der Waals surface area contributed by atoms with E-state index in [1.54, 1.807) is 6.92 Å². The summed E-state index contributed by atoms with van der Waals surface area (Å²) in [7, 11) is 0. The van der Waals surface area contributed by atoms with Crippen molar-refractivity contribution in [1.82, 2.24) is 4.90 Å². The fourth-order valence-electron chi connectivity index (χ4n) is 1.74. The Balaban J connectivity index is 3.23.